The Morgan fingerprint density at radius 1 is 1.45 bits per heavy atom. The van der Waals surface area contributed by atoms with E-state index in [0.29, 0.717) is 11.6 Å². The van der Waals surface area contributed by atoms with E-state index in [1.807, 2.05) is 41.9 Å². The van der Waals surface area contributed by atoms with Crippen molar-refractivity contribution in [1.29, 1.82) is 5.26 Å². The van der Waals surface area contributed by atoms with E-state index >= 15 is 0 Å². The third kappa shape index (κ3) is 3.01. The Hall–Kier alpha value is -2.25. The average Bonchev–Trinajstić information content (AvgIpc) is 2.81. The second-order valence-corrected chi connectivity index (χ2v) is 4.68. The van der Waals surface area contributed by atoms with Gasteiger partial charge in [0.2, 0.25) is 0 Å². The molecule has 4 nitrogen and oxygen atoms in total. The summed E-state index contributed by atoms with van der Waals surface area (Å²) in [6.45, 7) is 2.58. The van der Waals surface area contributed by atoms with Gasteiger partial charge in [-0.2, -0.15) is 10.4 Å². The van der Waals surface area contributed by atoms with Gasteiger partial charge in [0.15, 0.2) is 0 Å². The van der Waals surface area contributed by atoms with E-state index in [2.05, 4.69) is 5.10 Å². The molecule has 0 amide bonds. The summed E-state index contributed by atoms with van der Waals surface area (Å²) in [5.41, 5.74) is 2.82. The highest BCUT2D eigenvalue weighted by Gasteiger charge is 2.09. The first-order valence-electron chi connectivity index (χ1n) is 6.06. The molecule has 0 spiro atoms. The van der Waals surface area contributed by atoms with Gasteiger partial charge in [-0.3, -0.25) is 4.68 Å². The van der Waals surface area contributed by atoms with Crippen LogP contribution in [0.4, 0.5) is 0 Å². The van der Waals surface area contributed by atoms with Crippen molar-refractivity contribution in [3.63, 3.8) is 0 Å². The lowest BCUT2D eigenvalue weighted by molar-refractivity contribution is 0.414. The van der Waals surface area contributed by atoms with Crippen molar-refractivity contribution < 1.29 is 4.74 Å². The second-order valence-electron chi connectivity index (χ2n) is 4.27. The monoisotopic (exact) mass is 287 g/mol. The molecule has 1 aromatic heterocycles. The van der Waals surface area contributed by atoms with E-state index < -0.39 is 0 Å². The van der Waals surface area contributed by atoms with E-state index in [9.17, 15) is 0 Å². The lowest BCUT2D eigenvalue weighted by atomic mass is 10.2. The molecule has 0 bridgehead atoms. The number of hydrogen-bond donors (Lipinski definition) is 0. The fourth-order valence-electron chi connectivity index (χ4n) is 1.88. The van der Waals surface area contributed by atoms with Crippen LogP contribution in [0.15, 0.2) is 36.5 Å². The highest BCUT2D eigenvalue weighted by Crippen LogP contribution is 2.22. The molecule has 0 radical (unpaired) electrons. The van der Waals surface area contributed by atoms with Gasteiger partial charge >= 0.3 is 0 Å². The predicted molar refractivity (Wildman–Crippen MR) is 78.5 cm³/mol. The van der Waals surface area contributed by atoms with Gasteiger partial charge in [-0.25, -0.2) is 0 Å². The topological polar surface area (TPSA) is 50.8 Å². The van der Waals surface area contributed by atoms with Gasteiger partial charge < -0.3 is 4.74 Å². The number of hydrogen-bond acceptors (Lipinski definition) is 3. The molecule has 0 aliphatic heterocycles. The lowest BCUT2D eigenvalue weighted by Crippen LogP contribution is -2.04. The Kier molecular flexibility index (Phi) is 4.44. The van der Waals surface area contributed by atoms with Crippen LogP contribution in [0, 0.1) is 18.3 Å². The maximum Gasteiger partial charge on any atom is 0.118 e. The molecule has 0 unspecified atom stereocenters. The summed E-state index contributed by atoms with van der Waals surface area (Å²) in [5, 5.41) is 13.3. The Balaban J connectivity index is 2.22. The maximum absolute atomic E-state index is 8.63. The van der Waals surface area contributed by atoms with Crippen LogP contribution in [0.1, 0.15) is 16.8 Å². The third-order valence-corrected chi connectivity index (χ3v) is 3.36. The summed E-state index contributed by atoms with van der Waals surface area (Å²) >= 11 is 6.04. The summed E-state index contributed by atoms with van der Waals surface area (Å²) in [4.78, 5) is 0. The number of halogens is 1. The molecular weight excluding hydrogens is 274 g/mol. The molecule has 5 heteroatoms. The van der Waals surface area contributed by atoms with Crippen LogP contribution in [0.5, 0.6) is 5.75 Å². The molecule has 102 valence electrons. The molecule has 0 aliphatic rings. The lowest BCUT2D eigenvalue weighted by Gasteiger charge is -2.06. The predicted octanol–water partition coefficient (Wildman–Crippen LogP) is 3.35. The van der Waals surface area contributed by atoms with Gasteiger partial charge in [-0.15, -0.1) is 0 Å². The number of nitriles is 1. The van der Waals surface area contributed by atoms with Gasteiger partial charge in [0.25, 0.3) is 0 Å². The van der Waals surface area contributed by atoms with Crippen molar-refractivity contribution in [2.24, 2.45) is 0 Å². The highest BCUT2D eigenvalue weighted by atomic mass is 35.5. The SMILES string of the molecule is COc1ccc(Cn2ncc(/C(Cl)=C/C#N)c2C)cc1. The van der Waals surface area contributed by atoms with E-state index in [0.717, 1.165) is 22.6 Å². The van der Waals surface area contributed by atoms with Crippen LogP contribution in [0.25, 0.3) is 5.03 Å². The molecule has 20 heavy (non-hydrogen) atoms. The van der Waals surface area contributed by atoms with Gasteiger partial charge in [-0.1, -0.05) is 23.7 Å². The molecule has 0 fully saturated rings. The molecule has 1 aromatic carbocycles. The first-order chi connectivity index (χ1) is 9.65. The smallest absolute Gasteiger partial charge is 0.118 e. The van der Waals surface area contributed by atoms with Crippen molar-refractivity contribution in [2.75, 3.05) is 7.11 Å². The summed E-state index contributed by atoms with van der Waals surface area (Å²) in [6.07, 6.45) is 2.98. The average molecular weight is 288 g/mol. The summed E-state index contributed by atoms with van der Waals surface area (Å²) < 4.78 is 6.98. The number of nitrogens with zero attached hydrogens (tertiary/aromatic N) is 3. The fourth-order valence-corrected chi connectivity index (χ4v) is 2.11. The molecule has 0 saturated carbocycles. The van der Waals surface area contributed by atoms with Crippen molar-refractivity contribution >= 4 is 16.6 Å². The summed E-state index contributed by atoms with van der Waals surface area (Å²) in [6, 6.07) is 9.73. The van der Waals surface area contributed by atoms with Crippen LogP contribution in [-0.4, -0.2) is 16.9 Å². The minimum Gasteiger partial charge on any atom is -0.497 e. The number of rotatable bonds is 4. The Morgan fingerprint density at radius 2 is 2.15 bits per heavy atom. The molecule has 0 saturated heterocycles. The van der Waals surface area contributed by atoms with Crippen LogP contribution < -0.4 is 4.74 Å². The second kappa shape index (κ2) is 6.27. The molecule has 1 heterocycles. The van der Waals surface area contributed by atoms with Crippen molar-refractivity contribution in [2.45, 2.75) is 13.5 Å². The standard InChI is InChI=1S/C15H14ClN3O/c1-11-14(15(16)7-8-17)9-18-19(11)10-12-3-5-13(20-2)6-4-12/h3-7,9H,10H2,1-2H3/b15-7-. The maximum atomic E-state index is 8.63. The number of ether oxygens (including phenoxy) is 1. The zero-order chi connectivity index (χ0) is 14.5. The van der Waals surface area contributed by atoms with E-state index in [4.69, 9.17) is 21.6 Å². The normalized spacial score (nSPS) is 11.2. The summed E-state index contributed by atoms with van der Waals surface area (Å²) in [5.74, 6) is 0.826. The van der Waals surface area contributed by atoms with Gasteiger partial charge in [-0.05, 0) is 24.6 Å². The minimum absolute atomic E-state index is 0.408. The number of benzene rings is 1. The van der Waals surface area contributed by atoms with E-state index in [-0.39, 0.29) is 0 Å². The largest absolute Gasteiger partial charge is 0.497 e. The zero-order valence-electron chi connectivity index (χ0n) is 11.3. The van der Waals surface area contributed by atoms with Crippen LogP contribution in [-0.2, 0) is 6.54 Å². The minimum atomic E-state index is 0.408. The van der Waals surface area contributed by atoms with Crippen molar-refractivity contribution in [1.82, 2.24) is 9.78 Å². The van der Waals surface area contributed by atoms with Crippen LogP contribution in [0.2, 0.25) is 0 Å². The number of aromatic nitrogens is 2. The molecule has 0 N–H and O–H groups in total. The molecule has 2 rings (SSSR count). The Labute approximate surface area is 122 Å². The highest BCUT2D eigenvalue weighted by molar-refractivity contribution is 6.49. The van der Waals surface area contributed by atoms with Gasteiger partial charge in [0, 0.05) is 17.3 Å². The zero-order valence-corrected chi connectivity index (χ0v) is 12.1. The van der Waals surface area contributed by atoms with Crippen molar-refractivity contribution in [3.8, 4) is 11.8 Å². The van der Waals surface area contributed by atoms with Crippen LogP contribution >= 0.6 is 11.6 Å². The molecule has 0 atom stereocenters. The van der Waals surface area contributed by atoms with Crippen molar-refractivity contribution in [3.05, 3.63) is 53.4 Å². The molecular formula is C15H14ClN3O. The fraction of sp³-hybridized carbons (Fsp3) is 0.200. The first-order valence-corrected chi connectivity index (χ1v) is 6.44. The van der Waals surface area contributed by atoms with E-state index in [1.54, 1.807) is 13.3 Å². The van der Waals surface area contributed by atoms with E-state index in [1.165, 1.54) is 6.08 Å². The number of methoxy groups -OCH3 is 1. The number of allylic oxidation sites excluding steroid dienone is 1. The molecule has 2 aromatic rings. The van der Waals surface area contributed by atoms with Gasteiger partial charge in [0.05, 0.1) is 31.0 Å². The quantitative estimate of drug-likeness (QED) is 0.810. The molecule has 0 aliphatic carbocycles. The van der Waals surface area contributed by atoms with Crippen LogP contribution in [0.3, 0.4) is 0 Å². The first kappa shape index (κ1) is 14.2. The third-order valence-electron chi connectivity index (χ3n) is 3.04. The van der Waals surface area contributed by atoms with Gasteiger partial charge in [0.1, 0.15) is 5.75 Å². The Morgan fingerprint density at radius 3 is 2.75 bits per heavy atom. The summed E-state index contributed by atoms with van der Waals surface area (Å²) in [7, 11) is 1.64. The Bertz CT molecular complexity index is 665.